The van der Waals surface area contributed by atoms with Gasteiger partial charge in [0.25, 0.3) is 0 Å². The highest BCUT2D eigenvalue weighted by molar-refractivity contribution is 7.47. The molecule has 0 aromatic heterocycles. The Labute approximate surface area is 369 Å². The second-order valence-corrected chi connectivity index (χ2v) is 18.9. The van der Waals surface area contributed by atoms with E-state index in [0.29, 0.717) is 23.9 Å². The van der Waals surface area contributed by atoms with Crippen molar-refractivity contribution < 1.29 is 42.1 Å². The molecule has 0 saturated carbocycles. The summed E-state index contributed by atoms with van der Waals surface area (Å²) in [5.74, 6) is -0.798. The maximum absolute atomic E-state index is 12.7. The Morgan fingerprint density at radius 2 is 0.950 bits per heavy atom. The summed E-state index contributed by atoms with van der Waals surface area (Å²) in [7, 11) is 1.48. The van der Waals surface area contributed by atoms with E-state index in [9.17, 15) is 19.0 Å². The van der Waals surface area contributed by atoms with E-state index in [4.69, 9.17) is 18.5 Å². The number of likely N-dealkylation sites (N-methyl/N-ethyl adjacent to an activating group) is 1. The maximum atomic E-state index is 12.7. The van der Waals surface area contributed by atoms with E-state index >= 15 is 0 Å². The first-order chi connectivity index (χ1) is 29.0. The number of hydrogen-bond acceptors (Lipinski definition) is 7. The smallest absolute Gasteiger partial charge is 0.462 e. The molecule has 0 fully saturated rings. The summed E-state index contributed by atoms with van der Waals surface area (Å²) in [5.41, 5.74) is 0. The first-order valence-electron chi connectivity index (χ1n) is 24.4. The Morgan fingerprint density at radius 1 is 0.533 bits per heavy atom. The number of carbonyl (C=O) groups is 2. The van der Waals surface area contributed by atoms with Crippen LogP contribution >= 0.6 is 7.82 Å². The Morgan fingerprint density at radius 3 is 1.42 bits per heavy atom. The highest BCUT2D eigenvalue weighted by Gasteiger charge is 2.27. The number of nitrogens with zero attached hydrogens (tertiary/aromatic N) is 1. The molecular weight excluding hydrogens is 774 g/mol. The average molecular weight is 867 g/mol. The highest BCUT2D eigenvalue weighted by atomic mass is 31.2. The SMILES string of the molecule is CC/C=C\C/C=C\C/C=C\C/C=C\CCCCCCCCCCCCCCCCC(=O)OC(COC(=O)CCCCCCCCCCC)COP(=O)(O)OCC[N+](C)(C)C. The molecular formula is C50H93NO8P+. The minimum absolute atomic E-state index is 0.0322. The number of phosphoric acid groups is 1. The van der Waals surface area contributed by atoms with E-state index in [1.165, 1.54) is 116 Å². The van der Waals surface area contributed by atoms with Crippen LogP contribution in [0.2, 0.25) is 0 Å². The Bertz CT molecular complexity index is 1160. The van der Waals surface area contributed by atoms with Crippen molar-refractivity contribution in [3.63, 3.8) is 0 Å². The van der Waals surface area contributed by atoms with E-state index < -0.39 is 26.5 Å². The van der Waals surface area contributed by atoms with E-state index in [0.717, 1.165) is 57.8 Å². The van der Waals surface area contributed by atoms with Crippen LogP contribution in [-0.4, -0.2) is 74.9 Å². The number of quaternary nitrogens is 1. The minimum Gasteiger partial charge on any atom is -0.462 e. The largest absolute Gasteiger partial charge is 0.472 e. The van der Waals surface area contributed by atoms with Crippen molar-refractivity contribution >= 4 is 19.8 Å². The monoisotopic (exact) mass is 867 g/mol. The number of rotatable bonds is 44. The maximum Gasteiger partial charge on any atom is 0.472 e. The summed E-state index contributed by atoms with van der Waals surface area (Å²) < 4.78 is 34.3. The van der Waals surface area contributed by atoms with Crippen LogP contribution < -0.4 is 0 Å². The van der Waals surface area contributed by atoms with Gasteiger partial charge in [0, 0.05) is 12.8 Å². The van der Waals surface area contributed by atoms with Crippen molar-refractivity contribution in [2.24, 2.45) is 0 Å². The molecule has 0 rings (SSSR count). The van der Waals surface area contributed by atoms with Crippen LogP contribution in [0.5, 0.6) is 0 Å². The lowest BCUT2D eigenvalue weighted by Crippen LogP contribution is -2.37. The standard InChI is InChI=1S/C50H92NO8P/c1-6-8-10-12-14-16-17-18-19-20-21-22-23-24-25-26-27-28-29-30-31-32-33-35-37-39-41-43-50(53)59-48(47-58-60(54,55)57-45-44-51(3,4)5)46-56-49(52)42-40-38-36-34-15-13-11-9-7-2/h8,10,14,16,18-19,21-22,48H,6-7,9,11-13,15,17,20,23-47H2,1-5H3/p+1/b10-8-,16-14-,19-18-,22-21-. The summed E-state index contributed by atoms with van der Waals surface area (Å²) in [4.78, 5) is 35.3. The number of ether oxygens (including phenoxy) is 2. The van der Waals surface area contributed by atoms with Crippen LogP contribution in [0, 0.1) is 0 Å². The molecule has 0 amide bonds. The van der Waals surface area contributed by atoms with Crippen molar-refractivity contribution in [1.29, 1.82) is 0 Å². The van der Waals surface area contributed by atoms with E-state index in [1.54, 1.807) is 0 Å². The molecule has 2 atom stereocenters. The molecule has 0 aromatic rings. The minimum atomic E-state index is -4.37. The second kappa shape index (κ2) is 42.3. The molecule has 0 aliphatic rings. The van der Waals surface area contributed by atoms with Gasteiger partial charge in [0.2, 0.25) is 0 Å². The van der Waals surface area contributed by atoms with Gasteiger partial charge in [-0.25, -0.2) is 4.57 Å². The second-order valence-electron chi connectivity index (χ2n) is 17.5. The van der Waals surface area contributed by atoms with Gasteiger partial charge in [-0.2, -0.15) is 0 Å². The van der Waals surface area contributed by atoms with Gasteiger partial charge in [-0.3, -0.25) is 18.6 Å². The molecule has 2 unspecified atom stereocenters. The van der Waals surface area contributed by atoms with E-state index in [2.05, 4.69) is 62.5 Å². The first-order valence-corrected chi connectivity index (χ1v) is 25.9. The molecule has 0 aromatic carbocycles. The van der Waals surface area contributed by atoms with Gasteiger partial charge in [-0.15, -0.1) is 0 Å². The number of esters is 2. The van der Waals surface area contributed by atoms with Crippen molar-refractivity contribution in [3.05, 3.63) is 48.6 Å². The third-order valence-corrected chi connectivity index (χ3v) is 11.4. The molecule has 0 aliphatic heterocycles. The fourth-order valence-corrected chi connectivity index (χ4v) is 7.34. The van der Waals surface area contributed by atoms with E-state index in [-0.39, 0.29) is 25.6 Å². The van der Waals surface area contributed by atoms with Crippen LogP contribution in [0.4, 0.5) is 0 Å². The number of carbonyl (C=O) groups excluding carboxylic acids is 2. The van der Waals surface area contributed by atoms with Gasteiger partial charge >= 0.3 is 19.8 Å². The molecule has 0 saturated heterocycles. The lowest BCUT2D eigenvalue weighted by atomic mass is 10.0. The molecule has 0 aliphatic carbocycles. The van der Waals surface area contributed by atoms with Crippen LogP contribution in [0.1, 0.15) is 206 Å². The molecule has 60 heavy (non-hydrogen) atoms. The molecule has 350 valence electrons. The fourth-order valence-electron chi connectivity index (χ4n) is 6.59. The Kier molecular flexibility index (Phi) is 40.8. The van der Waals surface area contributed by atoms with Gasteiger partial charge in [0.15, 0.2) is 6.10 Å². The molecule has 9 nitrogen and oxygen atoms in total. The number of phosphoric ester groups is 1. The number of unbranched alkanes of at least 4 members (excludes halogenated alkanes) is 22. The Balaban J connectivity index is 4.10. The van der Waals surface area contributed by atoms with Gasteiger partial charge in [0.1, 0.15) is 19.8 Å². The molecule has 0 bridgehead atoms. The molecule has 0 radical (unpaired) electrons. The van der Waals surface area contributed by atoms with Crippen molar-refractivity contribution in [2.45, 2.75) is 213 Å². The normalized spacial score (nSPS) is 13.9. The molecule has 0 heterocycles. The van der Waals surface area contributed by atoms with Crippen molar-refractivity contribution in [2.75, 3.05) is 47.5 Å². The van der Waals surface area contributed by atoms with E-state index in [1.807, 2.05) is 21.1 Å². The quantitative estimate of drug-likeness (QED) is 0.0212. The van der Waals surface area contributed by atoms with Gasteiger partial charge in [-0.1, -0.05) is 191 Å². The van der Waals surface area contributed by atoms with Crippen molar-refractivity contribution in [3.8, 4) is 0 Å². The topological polar surface area (TPSA) is 108 Å². The molecule has 1 N–H and O–H groups in total. The predicted octanol–water partition coefficient (Wildman–Crippen LogP) is 14.2. The predicted molar refractivity (Wildman–Crippen MR) is 252 cm³/mol. The third-order valence-electron chi connectivity index (χ3n) is 10.4. The zero-order valence-electron chi connectivity index (χ0n) is 39.4. The summed E-state index contributed by atoms with van der Waals surface area (Å²) in [6, 6.07) is 0. The zero-order chi connectivity index (χ0) is 44.3. The summed E-state index contributed by atoms with van der Waals surface area (Å²) in [6.45, 7) is 4.30. The number of allylic oxidation sites excluding steroid dienone is 8. The van der Waals surface area contributed by atoms with Crippen LogP contribution in [0.25, 0.3) is 0 Å². The van der Waals surface area contributed by atoms with Crippen LogP contribution in [0.3, 0.4) is 0 Å². The lowest BCUT2D eigenvalue weighted by molar-refractivity contribution is -0.870. The van der Waals surface area contributed by atoms with Crippen LogP contribution in [-0.2, 0) is 32.7 Å². The average Bonchev–Trinajstić information content (AvgIpc) is 3.20. The summed E-state index contributed by atoms with van der Waals surface area (Å²) in [5, 5.41) is 0. The first kappa shape index (κ1) is 58.0. The van der Waals surface area contributed by atoms with Crippen molar-refractivity contribution in [1.82, 2.24) is 0 Å². The zero-order valence-corrected chi connectivity index (χ0v) is 40.3. The van der Waals surface area contributed by atoms with Crippen LogP contribution in [0.15, 0.2) is 48.6 Å². The van der Waals surface area contributed by atoms with Gasteiger partial charge in [-0.05, 0) is 51.4 Å². The molecule has 10 heteroatoms. The summed E-state index contributed by atoms with van der Waals surface area (Å²) >= 11 is 0. The van der Waals surface area contributed by atoms with Gasteiger partial charge < -0.3 is 18.9 Å². The third kappa shape index (κ3) is 45.5. The number of hydrogen-bond donors (Lipinski definition) is 1. The molecule has 0 spiro atoms. The highest BCUT2D eigenvalue weighted by Crippen LogP contribution is 2.43. The Hall–Kier alpha value is -2.03. The van der Waals surface area contributed by atoms with Gasteiger partial charge in [0.05, 0.1) is 27.7 Å². The fraction of sp³-hybridized carbons (Fsp3) is 0.800. The summed E-state index contributed by atoms with van der Waals surface area (Å²) in [6.07, 6.45) is 50.4. The lowest BCUT2D eigenvalue weighted by Gasteiger charge is -2.24.